The number of likely N-dealkylation sites (tertiary alicyclic amines) is 1. The third kappa shape index (κ3) is 3.74. The molecule has 2 unspecified atom stereocenters. The first kappa shape index (κ1) is 15.8. The zero-order chi connectivity index (χ0) is 15.6. The summed E-state index contributed by atoms with van der Waals surface area (Å²) >= 11 is 3.21. The molecular formula is C14H17BrN2O4. The molecule has 0 bridgehead atoms. The van der Waals surface area contributed by atoms with Crippen molar-refractivity contribution in [2.75, 3.05) is 18.4 Å². The third-order valence-corrected chi connectivity index (χ3v) is 4.14. The molecule has 6 nitrogen and oxygen atoms in total. The van der Waals surface area contributed by atoms with E-state index in [0.717, 1.165) is 6.42 Å². The Hall–Kier alpha value is -1.60. The molecule has 7 heteroatoms. The van der Waals surface area contributed by atoms with Gasteiger partial charge in [0.2, 0.25) is 0 Å². The fraction of sp³-hybridized carbons (Fsp3) is 0.429. The normalized spacial score (nSPS) is 19.4. The number of carbonyl (C=O) groups excluding carboxylic acids is 1. The van der Waals surface area contributed by atoms with Crippen LogP contribution in [0.1, 0.15) is 23.7 Å². The minimum absolute atomic E-state index is 0.0315. The van der Waals surface area contributed by atoms with Gasteiger partial charge in [-0.3, -0.25) is 0 Å². The molecule has 2 atom stereocenters. The molecule has 1 aromatic rings. The Balaban J connectivity index is 2.09. The molecule has 0 radical (unpaired) electrons. The smallest absolute Gasteiger partial charge is 0.337 e. The number of benzene rings is 1. The number of halogens is 1. The molecule has 1 aliphatic rings. The highest BCUT2D eigenvalue weighted by molar-refractivity contribution is 9.10. The average molecular weight is 357 g/mol. The van der Waals surface area contributed by atoms with Crippen molar-refractivity contribution in [1.82, 2.24) is 4.90 Å². The number of anilines is 1. The van der Waals surface area contributed by atoms with Crippen LogP contribution < -0.4 is 5.32 Å². The monoisotopic (exact) mass is 356 g/mol. The molecule has 1 saturated heterocycles. The van der Waals surface area contributed by atoms with Gasteiger partial charge in [0.15, 0.2) is 0 Å². The number of carboxylic acid groups (broad SMARTS) is 1. The number of aromatic carboxylic acids is 1. The van der Waals surface area contributed by atoms with Crippen molar-refractivity contribution in [3.63, 3.8) is 0 Å². The molecule has 0 saturated carbocycles. The van der Waals surface area contributed by atoms with Crippen molar-refractivity contribution in [3.05, 3.63) is 28.2 Å². The highest BCUT2D eigenvalue weighted by Crippen LogP contribution is 2.24. The Morgan fingerprint density at radius 2 is 2.19 bits per heavy atom. The van der Waals surface area contributed by atoms with Crippen molar-refractivity contribution in [1.29, 1.82) is 0 Å². The van der Waals surface area contributed by atoms with Crippen LogP contribution in [0.25, 0.3) is 0 Å². The lowest BCUT2D eigenvalue weighted by Gasteiger charge is -2.19. The van der Waals surface area contributed by atoms with Crippen LogP contribution in [-0.4, -0.2) is 46.3 Å². The molecule has 0 aliphatic carbocycles. The number of nitrogens with one attached hydrogen (secondary N) is 1. The lowest BCUT2D eigenvalue weighted by molar-refractivity contribution is 0.0698. The van der Waals surface area contributed by atoms with Crippen LogP contribution in [0, 0.1) is 5.92 Å². The summed E-state index contributed by atoms with van der Waals surface area (Å²) in [7, 11) is 0. The van der Waals surface area contributed by atoms with Gasteiger partial charge in [-0.25, -0.2) is 9.59 Å². The quantitative estimate of drug-likeness (QED) is 0.775. The molecule has 1 fully saturated rings. The van der Waals surface area contributed by atoms with Crippen molar-refractivity contribution >= 4 is 33.6 Å². The number of amides is 2. The Morgan fingerprint density at radius 1 is 1.48 bits per heavy atom. The average Bonchev–Trinajstić information content (AvgIpc) is 2.90. The highest BCUT2D eigenvalue weighted by atomic mass is 79.9. The van der Waals surface area contributed by atoms with E-state index in [-0.39, 0.29) is 23.2 Å². The van der Waals surface area contributed by atoms with Gasteiger partial charge in [0, 0.05) is 23.5 Å². The largest absolute Gasteiger partial charge is 0.478 e. The van der Waals surface area contributed by atoms with E-state index in [0.29, 0.717) is 17.6 Å². The van der Waals surface area contributed by atoms with E-state index in [1.807, 2.05) is 0 Å². The van der Waals surface area contributed by atoms with Crippen LogP contribution in [0.3, 0.4) is 0 Å². The maximum atomic E-state index is 12.2. The second kappa shape index (κ2) is 6.44. The predicted octanol–water partition coefficient (Wildman–Crippen LogP) is 2.38. The van der Waals surface area contributed by atoms with Gasteiger partial charge in [-0.2, -0.15) is 0 Å². The van der Waals surface area contributed by atoms with Crippen molar-refractivity contribution in [2.45, 2.75) is 19.4 Å². The zero-order valence-corrected chi connectivity index (χ0v) is 13.1. The minimum Gasteiger partial charge on any atom is -0.478 e. The molecule has 0 spiro atoms. The first-order chi connectivity index (χ1) is 9.88. The lowest BCUT2D eigenvalue weighted by Crippen LogP contribution is -2.34. The summed E-state index contributed by atoms with van der Waals surface area (Å²) < 4.78 is 0.633. The van der Waals surface area contributed by atoms with Crippen molar-refractivity contribution < 1.29 is 19.8 Å². The zero-order valence-electron chi connectivity index (χ0n) is 11.5. The van der Waals surface area contributed by atoms with Gasteiger partial charge in [-0.15, -0.1) is 0 Å². The fourth-order valence-corrected chi connectivity index (χ4v) is 2.72. The number of urea groups is 1. The highest BCUT2D eigenvalue weighted by Gasteiger charge is 2.29. The van der Waals surface area contributed by atoms with Crippen LogP contribution in [0.15, 0.2) is 22.7 Å². The molecule has 2 amide bonds. The van der Waals surface area contributed by atoms with Gasteiger partial charge in [-0.1, -0.05) is 15.9 Å². The van der Waals surface area contributed by atoms with E-state index < -0.39 is 12.1 Å². The van der Waals surface area contributed by atoms with Crippen LogP contribution in [0.5, 0.6) is 0 Å². The summed E-state index contributed by atoms with van der Waals surface area (Å²) in [6.45, 7) is 2.74. The lowest BCUT2D eigenvalue weighted by atomic mass is 10.0. The summed E-state index contributed by atoms with van der Waals surface area (Å²) in [6.07, 6.45) is 0.294. The van der Waals surface area contributed by atoms with E-state index in [2.05, 4.69) is 21.2 Å². The number of aliphatic hydroxyl groups excluding tert-OH is 1. The number of rotatable bonds is 3. The molecule has 1 heterocycles. The summed E-state index contributed by atoms with van der Waals surface area (Å²) in [5.74, 6) is -1.03. The minimum atomic E-state index is -1.10. The van der Waals surface area contributed by atoms with Crippen LogP contribution in [0.4, 0.5) is 10.5 Å². The van der Waals surface area contributed by atoms with Gasteiger partial charge in [-0.05, 0) is 31.5 Å². The Kier molecular flexibility index (Phi) is 4.84. The first-order valence-electron chi connectivity index (χ1n) is 6.65. The second-order valence-corrected chi connectivity index (χ2v) is 6.08. The third-order valence-electron chi connectivity index (χ3n) is 3.65. The molecule has 1 aromatic carbocycles. The van der Waals surface area contributed by atoms with E-state index in [4.69, 9.17) is 5.11 Å². The molecule has 21 heavy (non-hydrogen) atoms. The van der Waals surface area contributed by atoms with E-state index in [1.165, 1.54) is 6.07 Å². The van der Waals surface area contributed by atoms with E-state index in [9.17, 15) is 14.7 Å². The van der Waals surface area contributed by atoms with E-state index >= 15 is 0 Å². The van der Waals surface area contributed by atoms with Gasteiger partial charge in [0.25, 0.3) is 0 Å². The number of carboxylic acids is 1. The standard InChI is InChI=1S/C14H17BrN2O4/c1-8(18)9-4-5-17(7-9)14(21)16-12-3-2-10(15)6-11(12)13(19)20/h2-3,6,8-9,18H,4-5,7H2,1H3,(H,16,21)(H,19,20). The van der Waals surface area contributed by atoms with Gasteiger partial charge in [0.1, 0.15) is 0 Å². The molecule has 3 N–H and O–H groups in total. The summed E-state index contributed by atoms with van der Waals surface area (Å²) in [5.41, 5.74) is 0.292. The molecule has 114 valence electrons. The molecular weight excluding hydrogens is 340 g/mol. The number of aliphatic hydroxyl groups is 1. The van der Waals surface area contributed by atoms with Crippen LogP contribution >= 0.6 is 15.9 Å². The molecule has 0 aromatic heterocycles. The second-order valence-electron chi connectivity index (χ2n) is 5.16. The summed E-state index contributed by atoms with van der Waals surface area (Å²) in [5, 5.41) is 21.3. The maximum absolute atomic E-state index is 12.2. The molecule has 2 rings (SSSR count). The maximum Gasteiger partial charge on any atom is 0.337 e. The van der Waals surface area contributed by atoms with Gasteiger partial charge < -0.3 is 20.4 Å². The Morgan fingerprint density at radius 3 is 2.76 bits per heavy atom. The number of hydrogen-bond acceptors (Lipinski definition) is 3. The first-order valence-corrected chi connectivity index (χ1v) is 7.44. The predicted molar refractivity (Wildman–Crippen MR) is 81.5 cm³/mol. The van der Waals surface area contributed by atoms with Crippen LogP contribution in [-0.2, 0) is 0 Å². The summed E-state index contributed by atoms with van der Waals surface area (Å²) in [4.78, 5) is 25.0. The van der Waals surface area contributed by atoms with Crippen LogP contribution in [0.2, 0.25) is 0 Å². The van der Waals surface area contributed by atoms with Gasteiger partial charge >= 0.3 is 12.0 Å². The number of nitrogens with zero attached hydrogens (tertiary/aromatic N) is 1. The number of carbonyl (C=O) groups is 2. The van der Waals surface area contributed by atoms with Gasteiger partial charge in [0.05, 0.1) is 17.4 Å². The summed E-state index contributed by atoms with van der Waals surface area (Å²) in [6, 6.07) is 4.32. The topological polar surface area (TPSA) is 89.9 Å². The SMILES string of the molecule is CC(O)C1CCN(C(=O)Nc2ccc(Br)cc2C(=O)O)C1. The molecule has 1 aliphatic heterocycles. The Bertz CT molecular complexity index is 562. The fourth-order valence-electron chi connectivity index (χ4n) is 2.36. The van der Waals surface area contributed by atoms with Crippen molar-refractivity contribution in [3.8, 4) is 0 Å². The Labute approximate surface area is 130 Å². The number of hydrogen-bond donors (Lipinski definition) is 3. The van der Waals surface area contributed by atoms with E-state index in [1.54, 1.807) is 24.0 Å². The van der Waals surface area contributed by atoms with Crippen molar-refractivity contribution in [2.24, 2.45) is 5.92 Å².